The van der Waals surface area contributed by atoms with Crippen molar-refractivity contribution >= 4 is 35.1 Å². The monoisotopic (exact) mass is 365 g/mol. The number of rotatable bonds is 4. The molecule has 0 saturated heterocycles. The summed E-state index contributed by atoms with van der Waals surface area (Å²) in [4.78, 5) is 16.8. The lowest BCUT2D eigenvalue weighted by atomic mass is 10.1. The zero-order chi connectivity index (χ0) is 17.7. The van der Waals surface area contributed by atoms with E-state index in [0.29, 0.717) is 16.5 Å². The fourth-order valence-corrected chi connectivity index (χ4v) is 2.91. The van der Waals surface area contributed by atoms with Gasteiger partial charge in [-0.25, -0.2) is 9.78 Å². The second-order valence-electron chi connectivity index (χ2n) is 6.24. The predicted octanol–water partition coefficient (Wildman–Crippen LogP) is 4.50. The molecule has 0 spiro atoms. The van der Waals surface area contributed by atoms with Crippen LogP contribution in [-0.2, 0) is 5.75 Å². The molecular weight excluding hydrogens is 346 g/mol. The average molecular weight is 366 g/mol. The molecule has 5 nitrogen and oxygen atoms in total. The summed E-state index contributed by atoms with van der Waals surface area (Å²) in [5, 5.41) is 3.33. The summed E-state index contributed by atoms with van der Waals surface area (Å²) in [6.45, 7) is 5.64. The van der Waals surface area contributed by atoms with Gasteiger partial charge in [0.1, 0.15) is 0 Å². The van der Waals surface area contributed by atoms with Gasteiger partial charge in [-0.2, -0.15) is 0 Å². The number of amides is 1. The van der Waals surface area contributed by atoms with Crippen molar-refractivity contribution in [1.29, 1.82) is 0 Å². The minimum absolute atomic E-state index is 0.263. The van der Waals surface area contributed by atoms with Crippen LogP contribution in [0.2, 0.25) is 5.02 Å². The third-order valence-electron chi connectivity index (χ3n) is 2.84. The second-order valence-corrected chi connectivity index (χ2v) is 7.69. The molecule has 0 radical (unpaired) electrons. The number of benzene rings is 1. The number of hydrogen-bond acceptors (Lipinski definition) is 5. The van der Waals surface area contributed by atoms with E-state index in [9.17, 15) is 4.79 Å². The number of carbonyl (C=O) groups is 1. The van der Waals surface area contributed by atoms with Gasteiger partial charge in [0.15, 0.2) is 0 Å². The first-order valence-corrected chi connectivity index (χ1v) is 8.72. The zero-order valence-corrected chi connectivity index (χ0v) is 15.4. The highest BCUT2D eigenvalue weighted by atomic mass is 35.5. The number of ether oxygens (including phenoxy) is 1. The normalized spacial score (nSPS) is 11.2. The first-order chi connectivity index (χ1) is 11.2. The molecule has 0 aliphatic rings. The minimum atomic E-state index is -0.526. The van der Waals surface area contributed by atoms with Crippen molar-refractivity contribution in [2.75, 3.05) is 5.73 Å². The molecule has 0 unspecified atom stereocenters. The average Bonchev–Trinajstić information content (AvgIpc) is 2.44. The van der Waals surface area contributed by atoms with Crippen LogP contribution < -0.4 is 15.8 Å². The first kappa shape index (κ1) is 18.4. The maximum atomic E-state index is 11.8. The fraction of sp³-hybridized carbons (Fsp3) is 0.294. The van der Waals surface area contributed by atoms with Gasteiger partial charge < -0.3 is 15.8 Å². The summed E-state index contributed by atoms with van der Waals surface area (Å²) in [7, 11) is 0. The summed E-state index contributed by atoms with van der Waals surface area (Å²) >= 11 is 7.48. The molecule has 128 valence electrons. The Labute approximate surface area is 150 Å². The third-order valence-corrected chi connectivity index (χ3v) is 4.24. The summed E-state index contributed by atoms with van der Waals surface area (Å²) < 4.78 is 5.21. The lowest BCUT2D eigenvalue weighted by molar-refractivity contribution is 0.189. The minimum Gasteiger partial charge on any atom is -0.398 e. The molecule has 2 rings (SSSR count). The van der Waals surface area contributed by atoms with E-state index in [2.05, 4.69) is 10.3 Å². The molecule has 1 aromatic heterocycles. The van der Waals surface area contributed by atoms with Crippen LogP contribution in [0.25, 0.3) is 0 Å². The van der Waals surface area contributed by atoms with Gasteiger partial charge in [0.05, 0.1) is 0 Å². The van der Waals surface area contributed by atoms with Crippen molar-refractivity contribution in [3.8, 4) is 5.88 Å². The van der Waals surface area contributed by atoms with Gasteiger partial charge in [-0.05, 0) is 50.6 Å². The Balaban J connectivity index is 1.98. The number of aromatic nitrogens is 1. The van der Waals surface area contributed by atoms with Gasteiger partial charge in [-0.3, -0.25) is 0 Å². The van der Waals surface area contributed by atoms with E-state index in [-0.39, 0.29) is 11.4 Å². The summed E-state index contributed by atoms with van der Waals surface area (Å²) in [5.41, 5.74) is 7.20. The number of nitrogens with two attached hydrogens (primary N) is 1. The number of nitrogen functional groups attached to an aromatic ring is 1. The molecule has 0 bridgehead atoms. The number of halogens is 1. The highest BCUT2D eigenvalue weighted by Crippen LogP contribution is 2.30. The van der Waals surface area contributed by atoms with Crippen molar-refractivity contribution in [2.24, 2.45) is 0 Å². The number of thioether (sulfide) groups is 1. The molecule has 0 aliphatic carbocycles. The van der Waals surface area contributed by atoms with Gasteiger partial charge in [0.25, 0.3) is 0 Å². The largest absolute Gasteiger partial charge is 0.414 e. The number of nitrogens with zero attached hydrogens (tertiary/aromatic N) is 1. The van der Waals surface area contributed by atoms with E-state index in [0.717, 1.165) is 10.5 Å². The summed E-state index contributed by atoms with van der Waals surface area (Å²) in [6, 6.07) is 9.02. The van der Waals surface area contributed by atoms with E-state index in [1.165, 1.54) is 0 Å². The Bertz CT molecular complexity index is 732. The Morgan fingerprint density at radius 3 is 2.75 bits per heavy atom. The van der Waals surface area contributed by atoms with Crippen molar-refractivity contribution in [2.45, 2.75) is 37.0 Å². The molecule has 2 aromatic rings. The van der Waals surface area contributed by atoms with E-state index >= 15 is 0 Å². The van der Waals surface area contributed by atoms with E-state index in [4.69, 9.17) is 22.1 Å². The zero-order valence-electron chi connectivity index (χ0n) is 13.8. The lowest BCUT2D eigenvalue weighted by Gasteiger charge is -2.19. The van der Waals surface area contributed by atoms with Gasteiger partial charge in [-0.15, -0.1) is 11.8 Å². The lowest BCUT2D eigenvalue weighted by Crippen LogP contribution is -2.42. The number of pyridine rings is 1. The predicted molar refractivity (Wildman–Crippen MR) is 98.6 cm³/mol. The Kier molecular flexibility index (Phi) is 5.96. The van der Waals surface area contributed by atoms with Crippen LogP contribution in [0.4, 0.5) is 10.5 Å². The van der Waals surface area contributed by atoms with Crippen LogP contribution in [0.15, 0.2) is 41.4 Å². The van der Waals surface area contributed by atoms with Gasteiger partial charge in [-0.1, -0.05) is 11.6 Å². The second kappa shape index (κ2) is 7.77. The molecule has 0 saturated carbocycles. The first-order valence-electron chi connectivity index (χ1n) is 7.36. The van der Waals surface area contributed by atoms with Crippen LogP contribution in [-0.4, -0.2) is 16.6 Å². The Hall–Kier alpha value is -1.92. The van der Waals surface area contributed by atoms with E-state index in [1.807, 2.05) is 32.9 Å². The Morgan fingerprint density at radius 1 is 1.33 bits per heavy atom. The molecule has 1 heterocycles. The van der Waals surface area contributed by atoms with E-state index < -0.39 is 6.09 Å². The van der Waals surface area contributed by atoms with Crippen molar-refractivity contribution in [1.82, 2.24) is 10.3 Å². The van der Waals surface area contributed by atoms with Crippen LogP contribution in [0.1, 0.15) is 26.3 Å². The van der Waals surface area contributed by atoms with Crippen LogP contribution in [0.3, 0.4) is 0 Å². The number of hydrogen-bond donors (Lipinski definition) is 2. The number of nitrogens with one attached hydrogen (secondary N) is 1. The van der Waals surface area contributed by atoms with Crippen LogP contribution in [0, 0.1) is 0 Å². The number of carbonyl (C=O) groups excluding carboxylic acids is 1. The molecule has 0 aliphatic heterocycles. The summed E-state index contributed by atoms with van der Waals surface area (Å²) in [6.07, 6.45) is 1.09. The van der Waals surface area contributed by atoms with Crippen molar-refractivity contribution in [3.63, 3.8) is 0 Å². The van der Waals surface area contributed by atoms with Crippen molar-refractivity contribution < 1.29 is 9.53 Å². The molecule has 1 amide bonds. The topological polar surface area (TPSA) is 77.2 Å². The molecule has 7 heteroatoms. The van der Waals surface area contributed by atoms with Gasteiger partial charge >= 0.3 is 6.09 Å². The highest BCUT2D eigenvalue weighted by Gasteiger charge is 2.15. The van der Waals surface area contributed by atoms with Crippen LogP contribution in [0.5, 0.6) is 5.88 Å². The quantitative estimate of drug-likeness (QED) is 0.616. The SMILES string of the molecule is CC(C)(C)NC(=O)Oc1cc(CSc2ccc(Cl)cc2N)ccn1. The highest BCUT2D eigenvalue weighted by molar-refractivity contribution is 7.98. The van der Waals surface area contributed by atoms with Gasteiger partial charge in [0, 0.05) is 39.2 Å². The standard InChI is InChI=1S/C17H20ClN3O2S/c1-17(2,3)21-16(22)23-15-8-11(6-7-20-15)10-24-14-5-4-12(18)9-13(14)19/h4-9H,10,19H2,1-3H3,(H,21,22). The third kappa shape index (κ3) is 5.94. The maximum Gasteiger partial charge on any atom is 0.414 e. The van der Waals surface area contributed by atoms with E-state index in [1.54, 1.807) is 36.2 Å². The molecular formula is C17H20ClN3O2S. The molecule has 3 N–H and O–H groups in total. The maximum absolute atomic E-state index is 11.8. The number of anilines is 1. The fourth-order valence-electron chi connectivity index (χ4n) is 1.83. The van der Waals surface area contributed by atoms with Crippen molar-refractivity contribution in [3.05, 3.63) is 47.1 Å². The Morgan fingerprint density at radius 2 is 2.08 bits per heavy atom. The summed E-state index contributed by atoms with van der Waals surface area (Å²) in [5.74, 6) is 0.935. The van der Waals surface area contributed by atoms with Crippen LogP contribution >= 0.6 is 23.4 Å². The molecule has 0 fully saturated rings. The molecule has 1 aromatic carbocycles. The molecule has 0 atom stereocenters. The molecule has 24 heavy (non-hydrogen) atoms. The smallest absolute Gasteiger partial charge is 0.398 e. The van der Waals surface area contributed by atoms with Gasteiger partial charge in [0.2, 0.25) is 5.88 Å².